The Bertz CT molecular complexity index is 430. The van der Waals surface area contributed by atoms with E-state index in [9.17, 15) is 9.90 Å². The van der Waals surface area contributed by atoms with Crippen LogP contribution in [0, 0.1) is 5.92 Å². The Morgan fingerprint density at radius 2 is 2.05 bits per heavy atom. The zero-order valence-corrected chi connectivity index (χ0v) is 11.2. The summed E-state index contributed by atoms with van der Waals surface area (Å²) in [6, 6.07) is 7.03. The number of rotatable bonds is 4. The first-order chi connectivity index (χ1) is 9.10. The van der Waals surface area contributed by atoms with Gasteiger partial charge in [-0.3, -0.25) is 4.90 Å². The van der Waals surface area contributed by atoms with Crippen LogP contribution in [0.2, 0.25) is 0 Å². The van der Waals surface area contributed by atoms with E-state index in [-0.39, 0.29) is 6.10 Å². The fourth-order valence-corrected chi connectivity index (χ4v) is 2.65. The van der Waals surface area contributed by atoms with E-state index >= 15 is 0 Å². The molecule has 2 rings (SSSR count). The first kappa shape index (κ1) is 14.0. The highest BCUT2D eigenvalue weighted by molar-refractivity contribution is 5.87. The molecule has 1 aromatic rings. The average Bonchev–Trinajstić information content (AvgIpc) is 2.41. The highest BCUT2D eigenvalue weighted by Gasteiger charge is 2.26. The van der Waals surface area contributed by atoms with Crippen molar-refractivity contribution < 1.29 is 15.0 Å². The predicted molar refractivity (Wildman–Crippen MR) is 73.1 cm³/mol. The quantitative estimate of drug-likeness (QED) is 0.872. The van der Waals surface area contributed by atoms with Gasteiger partial charge in [-0.05, 0) is 36.5 Å². The van der Waals surface area contributed by atoms with Gasteiger partial charge in [0.25, 0.3) is 0 Å². The third-order valence-electron chi connectivity index (χ3n) is 3.91. The molecule has 0 aromatic heterocycles. The van der Waals surface area contributed by atoms with Crippen molar-refractivity contribution in [3.8, 4) is 0 Å². The van der Waals surface area contributed by atoms with Crippen molar-refractivity contribution in [3.63, 3.8) is 0 Å². The molecule has 104 valence electrons. The Balaban J connectivity index is 1.95. The summed E-state index contributed by atoms with van der Waals surface area (Å²) in [7, 11) is 0. The maximum absolute atomic E-state index is 10.8. The van der Waals surface area contributed by atoms with E-state index in [4.69, 9.17) is 5.11 Å². The van der Waals surface area contributed by atoms with E-state index in [2.05, 4.69) is 11.8 Å². The molecule has 1 aliphatic rings. The molecule has 4 heteroatoms. The maximum atomic E-state index is 10.8. The van der Waals surface area contributed by atoms with Crippen molar-refractivity contribution in [1.29, 1.82) is 0 Å². The van der Waals surface area contributed by atoms with Crippen molar-refractivity contribution >= 4 is 5.97 Å². The summed E-state index contributed by atoms with van der Waals surface area (Å²) in [4.78, 5) is 13.1. The molecule has 0 spiro atoms. The largest absolute Gasteiger partial charge is 0.478 e. The zero-order chi connectivity index (χ0) is 13.8. The molecule has 1 saturated heterocycles. The minimum absolute atomic E-state index is 0.171. The van der Waals surface area contributed by atoms with Gasteiger partial charge >= 0.3 is 5.97 Å². The molecule has 0 amide bonds. The van der Waals surface area contributed by atoms with Crippen LogP contribution in [0.1, 0.15) is 35.7 Å². The molecule has 1 aromatic carbocycles. The lowest BCUT2D eigenvalue weighted by atomic mass is 9.92. The first-order valence-corrected chi connectivity index (χ1v) is 6.82. The van der Waals surface area contributed by atoms with Crippen LogP contribution < -0.4 is 0 Å². The maximum Gasteiger partial charge on any atom is 0.335 e. The van der Waals surface area contributed by atoms with Gasteiger partial charge in [-0.25, -0.2) is 4.79 Å². The Hall–Kier alpha value is -1.39. The molecule has 1 fully saturated rings. The number of carboxylic acid groups (broad SMARTS) is 1. The number of aliphatic hydroxyl groups excluding tert-OH is 1. The van der Waals surface area contributed by atoms with Crippen LogP contribution in [0.3, 0.4) is 0 Å². The van der Waals surface area contributed by atoms with E-state index in [1.54, 1.807) is 12.1 Å². The number of nitrogens with zero attached hydrogens (tertiary/aromatic N) is 1. The molecule has 2 atom stereocenters. The topological polar surface area (TPSA) is 60.8 Å². The number of likely N-dealkylation sites (tertiary alicyclic amines) is 1. The summed E-state index contributed by atoms with van der Waals surface area (Å²) in [5.74, 6) is -0.536. The summed E-state index contributed by atoms with van der Waals surface area (Å²) in [6.07, 6.45) is 1.65. The van der Waals surface area contributed by atoms with Gasteiger partial charge in [0.05, 0.1) is 11.7 Å². The second-order valence-electron chi connectivity index (χ2n) is 5.26. The van der Waals surface area contributed by atoms with Gasteiger partial charge in [0.1, 0.15) is 0 Å². The van der Waals surface area contributed by atoms with Crippen molar-refractivity contribution in [2.45, 2.75) is 32.4 Å². The highest BCUT2D eigenvalue weighted by atomic mass is 16.4. The smallest absolute Gasteiger partial charge is 0.335 e. The van der Waals surface area contributed by atoms with Crippen LogP contribution in [0.15, 0.2) is 24.3 Å². The Morgan fingerprint density at radius 3 is 2.63 bits per heavy atom. The van der Waals surface area contributed by atoms with Gasteiger partial charge in [0.15, 0.2) is 0 Å². The van der Waals surface area contributed by atoms with E-state index < -0.39 is 5.97 Å². The average molecular weight is 263 g/mol. The summed E-state index contributed by atoms with van der Waals surface area (Å²) in [6.45, 7) is 4.75. The van der Waals surface area contributed by atoms with Crippen molar-refractivity contribution in [3.05, 3.63) is 35.4 Å². The van der Waals surface area contributed by atoms with E-state index in [1.807, 2.05) is 12.1 Å². The first-order valence-electron chi connectivity index (χ1n) is 6.82. The van der Waals surface area contributed by atoms with Crippen LogP contribution >= 0.6 is 0 Å². The van der Waals surface area contributed by atoms with E-state index in [0.717, 1.165) is 38.0 Å². The summed E-state index contributed by atoms with van der Waals surface area (Å²) in [5, 5.41) is 18.7. The monoisotopic (exact) mass is 263 g/mol. The highest BCUT2D eigenvalue weighted by Crippen LogP contribution is 2.21. The van der Waals surface area contributed by atoms with Gasteiger partial charge in [0.2, 0.25) is 0 Å². The zero-order valence-electron chi connectivity index (χ0n) is 11.2. The van der Waals surface area contributed by atoms with E-state index in [0.29, 0.717) is 11.5 Å². The number of piperidine rings is 1. The molecule has 0 saturated carbocycles. The van der Waals surface area contributed by atoms with Gasteiger partial charge < -0.3 is 10.2 Å². The lowest BCUT2D eigenvalue weighted by Gasteiger charge is -2.35. The Morgan fingerprint density at radius 1 is 1.37 bits per heavy atom. The van der Waals surface area contributed by atoms with E-state index in [1.165, 1.54) is 0 Å². The number of benzene rings is 1. The fraction of sp³-hybridized carbons (Fsp3) is 0.533. The van der Waals surface area contributed by atoms with Crippen molar-refractivity contribution in [2.75, 3.05) is 13.1 Å². The molecular weight excluding hydrogens is 242 g/mol. The molecule has 0 radical (unpaired) electrons. The Labute approximate surface area is 113 Å². The molecule has 4 nitrogen and oxygen atoms in total. The predicted octanol–water partition coefficient (Wildman–Crippen LogP) is 1.98. The molecule has 2 unspecified atom stereocenters. The normalized spacial score (nSPS) is 24.3. The number of hydrogen-bond donors (Lipinski definition) is 2. The number of carbonyl (C=O) groups is 1. The van der Waals surface area contributed by atoms with Gasteiger partial charge in [-0.15, -0.1) is 0 Å². The summed E-state index contributed by atoms with van der Waals surface area (Å²) in [5.41, 5.74) is 1.44. The second-order valence-corrected chi connectivity index (χ2v) is 5.26. The number of aromatic carboxylic acids is 1. The minimum Gasteiger partial charge on any atom is -0.478 e. The molecule has 2 N–H and O–H groups in total. The Kier molecular flexibility index (Phi) is 4.56. The SMILES string of the molecule is CCC1CN(Cc2ccc(C(=O)O)cc2)CCC1O. The van der Waals surface area contributed by atoms with Crippen LogP contribution in [0.5, 0.6) is 0 Å². The molecular formula is C15H21NO3. The van der Waals surface area contributed by atoms with Crippen molar-refractivity contribution in [2.24, 2.45) is 5.92 Å². The third kappa shape index (κ3) is 3.55. The third-order valence-corrected chi connectivity index (χ3v) is 3.91. The molecule has 0 bridgehead atoms. The molecule has 1 aliphatic heterocycles. The van der Waals surface area contributed by atoms with Gasteiger partial charge in [-0.1, -0.05) is 19.1 Å². The van der Waals surface area contributed by atoms with Gasteiger partial charge in [0, 0.05) is 19.6 Å². The molecule has 1 heterocycles. The second kappa shape index (κ2) is 6.17. The van der Waals surface area contributed by atoms with Crippen LogP contribution in [-0.4, -0.2) is 40.3 Å². The van der Waals surface area contributed by atoms with Crippen LogP contribution in [0.4, 0.5) is 0 Å². The lowest BCUT2D eigenvalue weighted by Crippen LogP contribution is -2.42. The number of aliphatic hydroxyl groups is 1. The van der Waals surface area contributed by atoms with Crippen molar-refractivity contribution in [1.82, 2.24) is 4.90 Å². The van der Waals surface area contributed by atoms with Crippen LogP contribution in [0.25, 0.3) is 0 Å². The lowest BCUT2D eigenvalue weighted by molar-refractivity contribution is 0.0222. The summed E-state index contributed by atoms with van der Waals surface area (Å²) < 4.78 is 0. The minimum atomic E-state index is -0.890. The number of carboxylic acids is 1. The fourth-order valence-electron chi connectivity index (χ4n) is 2.65. The summed E-state index contributed by atoms with van der Waals surface area (Å²) >= 11 is 0. The standard InChI is InChI=1S/C15H21NO3/c1-2-12-10-16(8-7-14(12)17)9-11-3-5-13(6-4-11)15(18)19/h3-6,12,14,17H,2,7-10H2,1H3,(H,18,19). The van der Waals surface area contributed by atoms with Gasteiger partial charge in [-0.2, -0.15) is 0 Å². The number of hydrogen-bond acceptors (Lipinski definition) is 3. The van der Waals surface area contributed by atoms with Crippen LogP contribution in [-0.2, 0) is 6.54 Å². The molecule has 0 aliphatic carbocycles. The molecule has 19 heavy (non-hydrogen) atoms.